The Morgan fingerprint density at radius 2 is 1.28 bits per heavy atom. The molecule has 0 aliphatic rings. The first-order chi connectivity index (χ1) is 8.70. The van der Waals surface area contributed by atoms with Crippen LogP contribution in [0.15, 0.2) is 78.9 Å². The Morgan fingerprint density at radius 1 is 0.889 bits per heavy atom. The largest absolute Gasteiger partial charge is 0.295 e. The van der Waals surface area contributed by atoms with Crippen LogP contribution in [-0.2, 0) is 11.2 Å². The fourth-order valence-corrected chi connectivity index (χ4v) is 1.35. The Hall–Kier alpha value is -2.15. The van der Waals surface area contributed by atoms with Crippen molar-refractivity contribution in [3.8, 4) is 0 Å². The molecule has 18 heavy (non-hydrogen) atoms. The highest BCUT2D eigenvalue weighted by molar-refractivity contribution is 5.92. The Labute approximate surface area is 109 Å². The maximum absolute atomic E-state index is 10.8. The summed E-state index contributed by atoms with van der Waals surface area (Å²) in [5, 5.41) is 0. The van der Waals surface area contributed by atoms with Gasteiger partial charge >= 0.3 is 0 Å². The topological polar surface area (TPSA) is 17.1 Å². The van der Waals surface area contributed by atoms with Crippen LogP contribution in [0.5, 0.6) is 0 Å². The average Bonchev–Trinajstić information content (AvgIpc) is 2.42. The van der Waals surface area contributed by atoms with Gasteiger partial charge in [-0.2, -0.15) is 0 Å². The molecule has 0 saturated heterocycles. The van der Waals surface area contributed by atoms with Crippen molar-refractivity contribution < 1.29 is 4.79 Å². The Bertz CT molecular complexity index is 445. The molecule has 0 radical (unpaired) electrons. The molecule has 1 heteroatoms. The Kier molecular flexibility index (Phi) is 6.20. The van der Waals surface area contributed by atoms with Gasteiger partial charge in [0.05, 0.1) is 0 Å². The zero-order valence-corrected chi connectivity index (χ0v) is 10.7. The van der Waals surface area contributed by atoms with Crippen LogP contribution in [0, 0.1) is 0 Å². The molecule has 2 aromatic rings. The Morgan fingerprint density at radius 3 is 1.67 bits per heavy atom. The molecule has 0 spiro atoms. The minimum absolute atomic E-state index is 0.0684. The van der Waals surface area contributed by atoms with Crippen LogP contribution in [0.3, 0.4) is 0 Å². The average molecular weight is 238 g/mol. The van der Waals surface area contributed by atoms with Crippen molar-refractivity contribution in [3.63, 3.8) is 0 Å². The highest BCUT2D eigenvalue weighted by atomic mass is 16.1. The molecular weight excluding hydrogens is 220 g/mol. The van der Waals surface area contributed by atoms with Crippen molar-refractivity contribution in [1.82, 2.24) is 0 Å². The summed E-state index contributed by atoms with van der Waals surface area (Å²) in [5.41, 5.74) is 1.80. The van der Waals surface area contributed by atoms with Crippen LogP contribution in [0.1, 0.15) is 12.5 Å². The van der Waals surface area contributed by atoms with Crippen LogP contribution >= 0.6 is 0 Å². The summed E-state index contributed by atoms with van der Waals surface area (Å²) in [4.78, 5) is 10.8. The van der Waals surface area contributed by atoms with Crippen LogP contribution in [0.4, 0.5) is 0 Å². The van der Waals surface area contributed by atoms with Crippen molar-refractivity contribution >= 4 is 5.78 Å². The van der Waals surface area contributed by atoms with Gasteiger partial charge in [0.1, 0.15) is 0 Å². The highest BCUT2D eigenvalue weighted by Gasteiger charge is 2.00. The number of Topliss-reactive ketones (excluding diaryl/α,β-unsaturated/α-hetero) is 1. The monoisotopic (exact) mass is 238 g/mol. The summed E-state index contributed by atoms with van der Waals surface area (Å²) in [6, 6.07) is 21.9. The van der Waals surface area contributed by atoms with E-state index in [1.165, 1.54) is 0 Å². The van der Waals surface area contributed by atoms with Crippen molar-refractivity contribution in [2.75, 3.05) is 0 Å². The molecule has 0 heterocycles. The zero-order chi connectivity index (χ0) is 13.2. The molecule has 0 aromatic heterocycles. The molecular formula is C17H18O. The van der Waals surface area contributed by atoms with Gasteiger partial charge in [-0.25, -0.2) is 0 Å². The number of carbonyl (C=O) groups is 1. The summed E-state index contributed by atoms with van der Waals surface area (Å²) in [6.45, 7) is 5.25. The summed E-state index contributed by atoms with van der Waals surface area (Å²) in [6.07, 6.45) is 0.663. The minimum Gasteiger partial charge on any atom is -0.295 e. The van der Waals surface area contributed by atoms with E-state index in [0.29, 0.717) is 12.0 Å². The van der Waals surface area contributed by atoms with E-state index >= 15 is 0 Å². The van der Waals surface area contributed by atoms with E-state index in [4.69, 9.17) is 0 Å². The summed E-state index contributed by atoms with van der Waals surface area (Å²) in [5.74, 6) is 0.0684. The number of benzene rings is 2. The van der Waals surface area contributed by atoms with Gasteiger partial charge in [-0.1, -0.05) is 73.3 Å². The number of carbonyl (C=O) groups excluding carboxylic acids is 1. The zero-order valence-electron chi connectivity index (χ0n) is 10.7. The van der Waals surface area contributed by atoms with Gasteiger partial charge in [0.2, 0.25) is 0 Å². The summed E-state index contributed by atoms with van der Waals surface area (Å²) >= 11 is 0. The van der Waals surface area contributed by atoms with Crippen molar-refractivity contribution in [1.29, 1.82) is 0 Å². The molecule has 2 aromatic carbocycles. The predicted molar refractivity (Wildman–Crippen MR) is 76.4 cm³/mol. The normalized spacial score (nSPS) is 8.94. The fraction of sp³-hybridized carbons (Fsp3) is 0.118. The first-order valence-electron chi connectivity index (χ1n) is 5.93. The van der Waals surface area contributed by atoms with Crippen LogP contribution < -0.4 is 0 Å². The predicted octanol–water partition coefficient (Wildman–Crippen LogP) is 4.06. The van der Waals surface area contributed by atoms with E-state index in [-0.39, 0.29) is 5.78 Å². The third-order valence-corrected chi connectivity index (χ3v) is 2.42. The molecule has 2 rings (SSSR count). The molecule has 0 bridgehead atoms. The van der Waals surface area contributed by atoms with Gasteiger partial charge < -0.3 is 0 Å². The van der Waals surface area contributed by atoms with E-state index in [2.05, 4.69) is 6.58 Å². The maximum Gasteiger partial charge on any atom is 0.155 e. The molecule has 0 unspecified atom stereocenters. The number of rotatable bonds is 3. The quantitative estimate of drug-likeness (QED) is 0.737. The molecule has 0 aliphatic heterocycles. The van der Waals surface area contributed by atoms with Gasteiger partial charge in [-0.15, -0.1) is 0 Å². The molecule has 0 saturated carbocycles. The highest BCUT2D eigenvalue weighted by Crippen LogP contribution is 2.06. The van der Waals surface area contributed by atoms with E-state index in [0.717, 1.165) is 5.56 Å². The third kappa shape index (κ3) is 5.80. The Balaban J connectivity index is 0.000000225. The second-order valence-corrected chi connectivity index (χ2v) is 3.98. The smallest absolute Gasteiger partial charge is 0.155 e. The summed E-state index contributed by atoms with van der Waals surface area (Å²) in [7, 11) is 0. The minimum atomic E-state index is 0.0684. The number of hydrogen-bond acceptors (Lipinski definition) is 1. The standard InChI is InChI=1S/C11H12O.C6H6/c1-9(10(2)12)8-11-6-4-3-5-7-11;1-2-4-6-5-3-1/h3-7H,1,8H2,2H3;1-6H. The second kappa shape index (κ2) is 8.02. The van der Waals surface area contributed by atoms with Gasteiger partial charge in [0, 0.05) is 6.42 Å². The molecule has 0 fully saturated rings. The second-order valence-electron chi connectivity index (χ2n) is 3.98. The van der Waals surface area contributed by atoms with Crippen LogP contribution in [0.25, 0.3) is 0 Å². The first-order valence-corrected chi connectivity index (χ1v) is 5.93. The van der Waals surface area contributed by atoms with E-state index < -0.39 is 0 Å². The van der Waals surface area contributed by atoms with Crippen molar-refractivity contribution in [2.45, 2.75) is 13.3 Å². The van der Waals surface area contributed by atoms with Crippen LogP contribution in [0.2, 0.25) is 0 Å². The van der Waals surface area contributed by atoms with Crippen LogP contribution in [-0.4, -0.2) is 5.78 Å². The molecule has 0 aliphatic carbocycles. The number of hydrogen-bond donors (Lipinski definition) is 0. The molecule has 1 nitrogen and oxygen atoms in total. The number of allylic oxidation sites excluding steroid dienone is 1. The van der Waals surface area contributed by atoms with Gasteiger partial charge in [-0.05, 0) is 18.1 Å². The molecule has 92 valence electrons. The lowest BCUT2D eigenvalue weighted by atomic mass is 10.0. The van der Waals surface area contributed by atoms with Gasteiger partial charge in [0.25, 0.3) is 0 Å². The molecule has 0 atom stereocenters. The lowest BCUT2D eigenvalue weighted by Gasteiger charge is -2.00. The fourth-order valence-electron chi connectivity index (χ4n) is 1.35. The van der Waals surface area contributed by atoms with E-state index in [1.54, 1.807) is 6.92 Å². The van der Waals surface area contributed by atoms with Crippen molar-refractivity contribution in [3.05, 3.63) is 84.4 Å². The van der Waals surface area contributed by atoms with Crippen molar-refractivity contribution in [2.24, 2.45) is 0 Å². The molecule has 0 amide bonds. The third-order valence-electron chi connectivity index (χ3n) is 2.42. The van der Waals surface area contributed by atoms with Gasteiger partial charge in [0.15, 0.2) is 5.78 Å². The lowest BCUT2D eigenvalue weighted by Crippen LogP contribution is -1.98. The maximum atomic E-state index is 10.8. The molecule has 0 N–H and O–H groups in total. The van der Waals surface area contributed by atoms with Gasteiger partial charge in [-0.3, -0.25) is 4.79 Å². The SMILES string of the molecule is C=C(Cc1ccccc1)C(C)=O.c1ccccc1. The lowest BCUT2D eigenvalue weighted by molar-refractivity contribution is -0.113. The summed E-state index contributed by atoms with van der Waals surface area (Å²) < 4.78 is 0. The van der Waals surface area contributed by atoms with E-state index in [1.807, 2.05) is 66.7 Å². The van der Waals surface area contributed by atoms with E-state index in [9.17, 15) is 4.79 Å². The number of ketones is 1. The first kappa shape index (κ1) is 13.9.